The molecule has 3 heterocycles. The fourth-order valence-electron chi connectivity index (χ4n) is 3.86. The summed E-state index contributed by atoms with van der Waals surface area (Å²) in [5.41, 5.74) is 3.15. The summed E-state index contributed by atoms with van der Waals surface area (Å²) >= 11 is 0. The number of rotatable bonds is 4. The molecule has 3 unspecified atom stereocenters. The van der Waals surface area contributed by atoms with Crippen LogP contribution >= 0.6 is 0 Å². The Balaban J connectivity index is 1.44. The number of aromatic amines is 1. The van der Waals surface area contributed by atoms with Crippen LogP contribution in [0, 0.1) is 5.82 Å². The monoisotopic (exact) mass is 338 g/mol. The lowest BCUT2D eigenvalue weighted by Crippen LogP contribution is -2.43. The molecule has 1 aromatic carbocycles. The molecule has 0 aliphatic carbocycles. The standard InChI is InChI=1S/C20H23FN4/c1-13-10-15(20-23-12-19-18(25-20)8-9-22-19)11-17(24-13)7-4-14-2-5-16(21)6-3-14/h2-3,5-6,8-9,12-13,15,17,22,24H,4,7,10-11H2,1H3. The summed E-state index contributed by atoms with van der Waals surface area (Å²) in [6.07, 6.45) is 7.88. The van der Waals surface area contributed by atoms with E-state index >= 15 is 0 Å². The number of H-pyrrole nitrogens is 1. The highest BCUT2D eigenvalue weighted by atomic mass is 19.1. The molecule has 1 aliphatic heterocycles. The molecule has 4 rings (SSSR count). The third-order valence-electron chi connectivity index (χ3n) is 5.10. The van der Waals surface area contributed by atoms with Crippen molar-refractivity contribution in [2.45, 2.75) is 50.6 Å². The molecular weight excluding hydrogens is 315 g/mol. The van der Waals surface area contributed by atoms with Crippen LogP contribution in [0.15, 0.2) is 42.7 Å². The molecule has 25 heavy (non-hydrogen) atoms. The van der Waals surface area contributed by atoms with E-state index in [0.717, 1.165) is 42.5 Å². The van der Waals surface area contributed by atoms with Gasteiger partial charge < -0.3 is 10.3 Å². The van der Waals surface area contributed by atoms with Crippen LogP contribution < -0.4 is 5.32 Å². The largest absolute Gasteiger partial charge is 0.359 e. The van der Waals surface area contributed by atoms with Crippen molar-refractivity contribution in [3.05, 3.63) is 59.9 Å². The van der Waals surface area contributed by atoms with Crippen LogP contribution in [-0.2, 0) is 6.42 Å². The molecular formula is C20H23FN4. The highest BCUT2D eigenvalue weighted by Gasteiger charge is 2.28. The Morgan fingerprint density at radius 2 is 2.00 bits per heavy atom. The van der Waals surface area contributed by atoms with E-state index in [9.17, 15) is 4.39 Å². The SMILES string of the molecule is CC1CC(c2ncc3[nH]ccc3n2)CC(CCc2ccc(F)cc2)N1. The quantitative estimate of drug-likeness (QED) is 0.757. The van der Waals surface area contributed by atoms with E-state index < -0.39 is 0 Å². The van der Waals surface area contributed by atoms with Gasteiger partial charge in [-0.15, -0.1) is 0 Å². The first-order valence-corrected chi connectivity index (χ1v) is 8.98. The van der Waals surface area contributed by atoms with E-state index in [-0.39, 0.29) is 5.82 Å². The van der Waals surface area contributed by atoms with Gasteiger partial charge in [0.15, 0.2) is 0 Å². The predicted octanol–water partition coefficient (Wildman–Crippen LogP) is 3.95. The van der Waals surface area contributed by atoms with Gasteiger partial charge in [0, 0.05) is 24.2 Å². The van der Waals surface area contributed by atoms with E-state index in [0.29, 0.717) is 18.0 Å². The number of aryl methyl sites for hydroxylation is 1. The van der Waals surface area contributed by atoms with Crippen LogP contribution in [0.1, 0.15) is 43.5 Å². The zero-order valence-electron chi connectivity index (χ0n) is 14.4. The van der Waals surface area contributed by atoms with E-state index in [4.69, 9.17) is 4.98 Å². The van der Waals surface area contributed by atoms with Crippen LogP contribution in [0.5, 0.6) is 0 Å². The Bertz CT molecular complexity index is 842. The molecule has 1 saturated heterocycles. The molecule has 4 nitrogen and oxygen atoms in total. The van der Waals surface area contributed by atoms with Crippen LogP contribution in [0.25, 0.3) is 11.0 Å². The van der Waals surface area contributed by atoms with Gasteiger partial charge in [-0.05, 0) is 56.4 Å². The summed E-state index contributed by atoms with van der Waals surface area (Å²) in [4.78, 5) is 12.5. The maximum atomic E-state index is 13.0. The Morgan fingerprint density at radius 1 is 1.16 bits per heavy atom. The number of halogens is 1. The first-order chi connectivity index (χ1) is 12.2. The van der Waals surface area contributed by atoms with Gasteiger partial charge in [-0.1, -0.05) is 12.1 Å². The second kappa shape index (κ2) is 6.92. The molecule has 2 N–H and O–H groups in total. The first-order valence-electron chi connectivity index (χ1n) is 8.98. The van der Waals surface area contributed by atoms with Gasteiger partial charge in [-0.3, -0.25) is 0 Å². The van der Waals surface area contributed by atoms with Crippen LogP contribution in [0.4, 0.5) is 4.39 Å². The van der Waals surface area contributed by atoms with E-state index in [1.54, 1.807) is 0 Å². The van der Waals surface area contributed by atoms with Crippen LogP contribution in [-0.4, -0.2) is 27.0 Å². The maximum Gasteiger partial charge on any atom is 0.132 e. The maximum absolute atomic E-state index is 13.0. The smallest absolute Gasteiger partial charge is 0.132 e. The van der Waals surface area contributed by atoms with Crippen molar-refractivity contribution in [1.29, 1.82) is 0 Å². The summed E-state index contributed by atoms with van der Waals surface area (Å²) in [6.45, 7) is 2.23. The minimum absolute atomic E-state index is 0.175. The lowest BCUT2D eigenvalue weighted by atomic mass is 9.85. The van der Waals surface area contributed by atoms with Crippen molar-refractivity contribution in [2.75, 3.05) is 0 Å². The minimum atomic E-state index is -0.175. The predicted molar refractivity (Wildman–Crippen MR) is 97.0 cm³/mol. The Kier molecular flexibility index (Phi) is 4.49. The molecule has 2 aromatic heterocycles. The Labute approximate surface area is 146 Å². The van der Waals surface area contributed by atoms with Crippen LogP contribution in [0.3, 0.4) is 0 Å². The molecule has 1 aliphatic rings. The minimum Gasteiger partial charge on any atom is -0.359 e. The van der Waals surface area contributed by atoms with Crippen LogP contribution in [0.2, 0.25) is 0 Å². The van der Waals surface area contributed by atoms with Gasteiger partial charge in [-0.2, -0.15) is 0 Å². The first kappa shape index (κ1) is 16.2. The van der Waals surface area contributed by atoms with E-state index in [1.165, 1.54) is 17.7 Å². The summed E-state index contributed by atoms with van der Waals surface area (Å²) in [5, 5.41) is 3.69. The number of nitrogens with one attached hydrogen (secondary N) is 2. The highest BCUT2D eigenvalue weighted by molar-refractivity contribution is 5.73. The average molecular weight is 338 g/mol. The Morgan fingerprint density at radius 3 is 2.84 bits per heavy atom. The molecule has 3 aromatic rings. The zero-order valence-corrected chi connectivity index (χ0v) is 14.4. The molecule has 3 atom stereocenters. The lowest BCUT2D eigenvalue weighted by Gasteiger charge is -2.34. The second-order valence-electron chi connectivity index (χ2n) is 7.10. The van der Waals surface area contributed by atoms with Crippen molar-refractivity contribution in [3.8, 4) is 0 Å². The lowest BCUT2D eigenvalue weighted by molar-refractivity contribution is 0.285. The fourth-order valence-corrected chi connectivity index (χ4v) is 3.86. The average Bonchev–Trinajstić information content (AvgIpc) is 3.08. The number of hydrogen-bond donors (Lipinski definition) is 2. The van der Waals surface area contributed by atoms with E-state index in [1.807, 2.05) is 30.6 Å². The van der Waals surface area contributed by atoms with Crippen molar-refractivity contribution in [3.63, 3.8) is 0 Å². The number of benzene rings is 1. The van der Waals surface area contributed by atoms with Crippen molar-refractivity contribution in [2.24, 2.45) is 0 Å². The van der Waals surface area contributed by atoms with Gasteiger partial charge in [0.25, 0.3) is 0 Å². The number of aromatic nitrogens is 3. The third kappa shape index (κ3) is 3.71. The topological polar surface area (TPSA) is 53.6 Å². The molecule has 1 fully saturated rings. The van der Waals surface area contributed by atoms with Gasteiger partial charge in [0.1, 0.15) is 11.6 Å². The fraction of sp³-hybridized carbons (Fsp3) is 0.400. The summed E-state index contributed by atoms with van der Waals surface area (Å²) in [6, 6.07) is 9.71. The molecule has 0 bridgehead atoms. The molecule has 0 amide bonds. The highest BCUT2D eigenvalue weighted by Crippen LogP contribution is 2.30. The van der Waals surface area contributed by atoms with Crippen molar-refractivity contribution in [1.82, 2.24) is 20.3 Å². The van der Waals surface area contributed by atoms with Crippen molar-refractivity contribution >= 4 is 11.0 Å². The second-order valence-corrected chi connectivity index (χ2v) is 7.10. The molecule has 0 spiro atoms. The van der Waals surface area contributed by atoms with Gasteiger partial charge in [0.2, 0.25) is 0 Å². The number of hydrogen-bond acceptors (Lipinski definition) is 3. The number of fused-ring (bicyclic) bond motifs is 1. The summed E-state index contributed by atoms with van der Waals surface area (Å²) in [5.74, 6) is 1.16. The van der Waals surface area contributed by atoms with Crippen molar-refractivity contribution < 1.29 is 4.39 Å². The van der Waals surface area contributed by atoms with E-state index in [2.05, 4.69) is 22.2 Å². The molecule has 130 valence electrons. The summed E-state index contributed by atoms with van der Waals surface area (Å²) in [7, 11) is 0. The number of nitrogens with zero attached hydrogens (tertiary/aromatic N) is 2. The summed E-state index contributed by atoms with van der Waals surface area (Å²) < 4.78 is 13.0. The molecule has 0 saturated carbocycles. The Hall–Kier alpha value is -2.27. The molecule has 0 radical (unpaired) electrons. The normalized spacial score (nSPS) is 23.8. The van der Waals surface area contributed by atoms with Gasteiger partial charge in [-0.25, -0.2) is 14.4 Å². The third-order valence-corrected chi connectivity index (χ3v) is 5.10. The molecule has 5 heteroatoms. The van der Waals surface area contributed by atoms with Gasteiger partial charge in [0.05, 0.1) is 17.2 Å². The van der Waals surface area contributed by atoms with Gasteiger partial charge >= 0.3 is 0 Å². The zero-order chi connectivity index (χ0) is 17.2. The number of piperidine rings is 1.